The number of aromatic amines is 2. The number of para-hydroxylation sites is 3. The highest BCUT2D eigenvalue weighted by molar-refractivity contribution is 7.51. The van der Waals surface area contributed by atoms with E-state index in [0.29, 0.717) is 13.0 Å². The van der Waals surface area contributed by atoms with Crippen molar-refractivity contribution in [2.45, 2.75) is 13.0 Å². The van der Waals surface area contributed by atoms with Crippen molar-refractivity contribution in [3.05, 3.63) is 72.8 Å². The summed E-state index contributed by atoms with van der Waals surface area (Å²) in [5.41, 5.74) is 6.49. The third kappa shape index (κ3) is 2.74. The van der Waals surface area contributed by atoms with E-state index in [9.17, 15) is 14.4 Å². The average Bonchev–Trinajstić information content (AvgIpc) is 3.48. The fourth-order valence-electron chi connectivity index (χ4n) is 5.65. The van der Waals surface area contributed by atoms with Crippen molar-refractivity contribution in [3.63, 3.8) is 0 Å². The van der Waals surface area contributed by atoms with Gasteiger partial charge in [-0.05, 0) is 24.6 Å². The molecule has 0 aliphatic heterocycles. The van der Waals surface area contributed by atoms with E-state index < -0.39 is 7.60 Å². The lowest BCUT2D eigenvalue weighted by atomic mass is 10.0. The van der Waals surface area contributed by atoms with Gasteiger partial charge in [0.05, 0.1) is 22.7 Å². The smallest absolute Gasteiger partial charge is 0.325 e. The van der Waals surface area contributed by atoms with Gasteiger partial charge in [0, 0.05) is 55.4 Å². The zero-order chi connectivity index (χ0) is 23.0. The third-order valence-electron chi connectivity index (χ3n) is 6.95. The molecule has 7 rings (SSSR count). The van der Waals surface area contributed by atoms with Crippen molar-refractivity contribution in [1.82, 2.24) is 14.5 Å². The van der Waals surface area contributed by atoms with Gasteiger partial charge in [-0.25, -0.2) is 0 Å². The van der Waals surface area contributed by atoms with E-state index in [4.69, 9.17) is 0 Å². The van der Waals surface area contributed by atoms with Crippen molar-refractivity contribution >= 4 is 73.0 Å². The lowest BCUT2D eigenvalue weighted by Gasteiger charge is -2.10. The molecule has 0 saturated carbocycles. The standard InChI is InChI=1S/C27H22N3O3P/c31-34(32,33)15-7-14-30-21-13-6-3-10-18(21)24-26-22(16-8-1-4-11-19(16)28-26)25-23(27(24)30)17-9-2-5-12-20(17)29-25/h1-6,8-13,28-29H,7,14-15H2,(H2,31,32,33). The summed E-state index contributed by atoms with van der Waals surface area (Å²) in [5, 5.41) is 6.93. The monoisotopic (exact) mass is 467 g/mol. The highest BCUT2D eigenvalue weighted by atomic mass is 31.2. The molecule has 0 unspecified atom stereocenters. The fraction of sp³-hybridized carbons (Fsp3) is 0.111. The molecule has 7 heteroatoms. The lowest BCUT2D eigenvalue weighted by molar-refractivity contribution is 0.370. The maximum absolute atomic E-state index is 11.6. The van der Waals surface area contributed by atoms with Crippen LogP contribution in [0.25, 0.3) is 65.4 Å². The summed E-state index contributed by atoms with van der Waals surface area (Å²) in [4.78, 5) is 26.3. The summed E-state index contributed by atoms with van der Waals surface area (Å²) >= 11 is 0. The van der Waals surface area contributed by atoms with E-state index in [2.05, 4.69) is 69.1 Å². The van der Waals surface area contributed by atoms with E-state index in [-0.39, 0.29) is 6.16 Å². The summed E-state index contributed by atoms with van der Waals surface area (Å²) in [5.74, 6) is 0. The molecule has 4 N–H and O–H groups in total. The van der Waals surface area contributed by atoms with Gasteiger partial charge >= 0.3 is 7.60 Å². The highest BCUT2D eigenvalue weighted by Gasteiger charge is 2.23. The summed E-state index contributed by atoms with van der Waals surface area (Å²) < 4.78 is 13.8. The Kier molecular flexibility index (Phi) is 4.07. The molecule has 3 heterocycles. The molecule has 0 atom stereocenters. The summed E-state index contributed by atoms with van der Waals surface area (Å²) in [6.07, 6.45) is 0.263. The highest BCUT2D eigenvalue weighted by Crippen LogP contribution is 2.45. The van der Waals surface area contributed by atoms with Crippen LogP contribution in [0.2, 0.25) is 0 Å². The summed E-state index contributed by atoms with van der Waals surface area (Å²) in [6.45, 7) is 0.523. The van der Waals surface area contributed by atoms with Gasteiger partial charge in [0.1, 0.15) is 0 Å². The van der Waals surface area contributed by atoms with Crippen LogP contribution in [0, 0.1) is 0 Å². The number of H-pyrrole nitrogens is 2. The minimum absolute atomic E-state index is 0.132. The summed E-state index contributed by atoms with van der Waals surface area (Å²) in [6, 6.07) is 25.0. The van der Waals surface area contributed by atoms with Gasteiger partial charge in [0.15, 0.2) is 0 Å². The number of aryl methyl sites for hydroxylation is 1. The maximum atomic E-state index is 11.6. The first-order chi connectivity index (χ1) is 16.5. The molecule has 0 spiro atoms. The Hall–Kier alpha value is -3.57. The van der Waals surface area contributed by atoms with Crippen LogP contribution in [-0.2, 0) is 11.1 Å². The molecule has 34 heavy (non-hydrogen) atoms. The molecule has 4 aromatic carbocycles. The molecule has 6 nitrogen and oxygen atoms in total. The molecule has 3 aromatic heterocycles. The van der Waals surface area contributed by atoms with E-state index >= 15 is 0 Å². The van der Waals surface area contributed by atoms with Crippen LogP contribution in [0.1, 0.15) is 6.42 Å². The van der Waals surface area contributed by atoms with Gasteiger partial charge in [0.2, 0.25) is 0 Å². The molecule has 0 bridgehead atoms. The molecule has 0 radical (unpaired) electrons. The van der Waals surface area contributed by atoms with Gasteiger partial charge in [-0.3, -0.25) is 4.57 Å². The van der Waals surface area contributed by atoms with Gasteiger partial charge in [-0.15, -0.1) is 0 Å². The van der Waals surface area contributed by atoms with E-state index in [0.717, 1.165) is 54.6 Å². The van der Waals surface area contributed by atoms with E-state index in [1.54, 1.807) is 0 Å². The zero-order valence-electron chi connectivity index (χ0n) is 18.2. The van der Waals surface area contributed by atoms with Crippen LogP contribution < -0.4 is 0 Å². The molecular formula is C27H22N3O3P. The number of fused-ring (bicyclic) bond motifs is 12. The summed E-state index contributed by atoms with van der Waals surface area (Å²) in [7, 11) is -4.06. The number of rotatable bonds is 4. The van der Waals surface area contributed by atoms with Crippen LogP contribution in [-0.4, -0.2) is 30.5 Å². The van der Waals surface area contributed by atoms with Crippen molar-refractivity contribution in [1.29, 1.82) is 0 Å². The Labute approximate surface area is 194 Å². The number of aromatic nitrogens is 3. The third-order valence-corrected chi connectivity index (χ3v) is 7.85. The largest absolute Gasteiger partial charge is 0.354 e. The second-order valence-corrected chi connectivity index (χ2v) is 10.8. The Morgan fingerprint density at radius 1 is 0.706 bits per heavy atom. The number of nitrogens with zero attached hydrogens (tertiary/aromatic N) is 1. The Balaban J connectivity index is 1.73. The van der Waals surface area contributed by atoms with E-state index in [1.165, 1.54) is 10.8 Å². The molecule has 0 amide bonds. The molecule has 7 aromatic rings. The number of nitrogens with one attached hydrogen (secondary N) is 2. The first-order valence-electron chi connectivity index (χ1n) is 11.4. The van der Waals surface area contributed by atoms with Crippen LogP contribution in [0.15, 0.2) is 72.8 Å². The Morgan fingerprint density at radius 3 is 1.88 bits per heavy atom. The minimum Gasteiger partial charge on any atom is -0.354 e. The van der Waals surface area contributed by atoms with Gasteiger partial charge in [-0.1, -0.05) is 54.6 Å². The molecule has 0 saturated heterocycles. The maximum Gasteiger partial charge on any atom is 0.325 e. The first kappa shape index (κ1) is 19.9. The molecule has 0 fully saturated rings. The predicted octanol–water partition coefficient (Wildman–Crippen LogP) is 6.63. The number of hydrogen-bond donors (Lipinski definition) is 4. The molecule has 0 aliphatic carbocycles. The van der Waals surface area contributed by atoms with Crippen molar-refractivity contribution < 1.29 is 14.4 Å². The second kappa shape index (κ2) is 6.97. The minimum atomic E-state index is -4.06. The quantitative estimate of drug-likeness (QED) is 0.219. The molecular weight excluding hydrogens is 445 g/mol. The van der Waals surface area contributed by atoms with E-state index in [1.807, 2.05) is 18.2 Å². The first-order valence-corrected chi connectivity index (χ1v) is 13.2. The van der Waals surface area contributed by atoms with Crippen molar-refractivity contribution in [3.8, 4) is 0 Å². The fourth-order valence-corrected chi connectivity index (χ4v) is 6.20. The zero-order valence-corrected chi connectivity index (χ0v) is 19.1. The van der Waals surface area contributed by atoms with Gasteiger partial charge in [0.25, 0.3) is 0 Å². The molecule has 168 valence electrons. The van der Waals surface area contributed by atoms with Crippen LogP contribution >= 0.6 is 7.60 Å². The second-order valence-electron chi connectivity index (χ2n) is 8.98. The average molecular weight is 467 g/mol. The topological polar surface area (TPSA) is 94.0 Å². The van der Waals surface area contributed by atoms with Gasteiger partial charge in [-0.2, -0.15) is 0 Å². The van der Waals surface area contributed by atoms with Crippen molar-refractivity contribution in [2.24, 2.45) is 0 Å². The lowest BCUT2D eigenvalue weighted by Crippen LogP contribution is -2.01. The van der Waals surface area contributed by atoms with Crippen LogP contribution in [0.5, 0.6) is 0 Å². The van der Waals surface area contributed by atoms with Crippen molar-refractivity contribution in [2.75, 3.05) is 6.16 Å². The number of hydrogen-bond acceptors (Lipinski definition) is 1. The normalized spacial score (nSPS) is 12.9. The van der Waals surface area contributed by atoms with Crippen LogP contribution in [0.4, 0.5) is 0 Å². The van der Waals surface area contributed by atoms with Crippen LogP contribution in [0.3, 0.4) is 0 Å². The molecule has 0 aliphatic rings. The predicted molar refractivity (Wildman–Crippen MR) is 140 cm³/mol. The Bertz CT molecular complexity index is 1920. The Morgan fingerprint density at radius 2 is 1.24 bits per heavy atom. The SMILES string of the molecule is O=P(O)(O)CCCn1c2ccccc2c2c3[nH]c4ccccc4c3c3[nH]c4ccccc4c3c21. The van der Waals surface area contributed by atoms with Gasteiger partial charge < -0.3 is 24.3 Å². The number of benzene rings is 4.